The van der Waals surface area contributed by atoms with Crippen molar-refractivity contribution < 1.29 is 19.1 Å². The Morgan fingerprint density at radius 3 is 2.57 bits per heavy atom. The van der Waals surface area contributed by atoms with Crippen LogP contribution in [0.1, 0.15) is 33.9 Å². The molecule has 0 radical (unpaired) electrons. The monoisotopic (exact) mass is 287 g/mol. The zero-order valence-corrected chi connectivity index (χ0v) is 12.0. The van der Waals surface area contributed by atoms with Crippen LogP contribution in [0.5, 0.6) is 0 Å². The highest BCUT2D eigenvalue weighted by atomic mass is 16.4. The van der Waals surface area contributed by atoms with E-state index in [-0.39, 0.29) is 17.9 Å². The smallest absolute Gasteiger partial charge is 0.337 e. The first kappa shape index (κ1) is 14.8. The van der Waals surface area contributed by atoms with E-state index < -0.39 is 5.97 Å². The quantitative estimate of drug-likeness (QED) is 0.885. The number of benzene rings is 1. The van der Waals surface area contributed by atoms with Crippen LogP contribution in [0.4, 0.5) is 5.69 Å². The molecular weight excluding hydrogens is 270 g/mol. The lowest BCUT2D eigenvalue weighted by Gasteiger charge is -2.11. The molecule has 1 heterocycles. The van der Waals surface area contributed by atoms with Crippen LogP contribution in [-0.2, 0) is 11.2 Å². The number of carboxylic acids is 1. The Morgan fingerprint density at radius 1 is 1.19 bits per heavy atom. The van der Waals surface area contributed by atoms with Crippen molar-refractivity contribution in [3.05, 3.63) is 53.0 Å². The fourth-order valence-corrected chi connectivity index (χ4v) is 2.07. The highest BCUT2D eigenvalue weighted by molar-refractivity contribution is 6.01. The molecule has 1 amide bonds. The number of aryl methyl sites for hydroxylation is 3. The number of hydrogen-bond acceptors (Lipinski definition) is 3. The number of anilines is 1. The first-order valence-electron chi connectivity index (χ1n) is 6.65. The third-order valence-electron chi connectivity index (χ3n) is 3.16. The summed E-state index contributed by atoms with van der Waals surface area (Å²) in [5, 5.41) is 11.8. The number of carboxylic acid groups (broad SMARTS) is 1. The van der Waals surface area contributed by atoms with Crippen LogP contribution in [0.3, 0.4) is 0 Å². The predicted molar refractivity (Wildman–Crippen MR) is 78.5 cm³/mol. The summed E-state index contributed by atoms with van der Waals surface area (Å²) in [6, 6.07) is 8.56. The topological polar surface area (TPSA) is 79.5 Å². The van der Waals surface area contributed by atoms with Gasteiger partial charge in [0.2, 0.25) is 5.91 Å². The Hall–Kier alpha value is -2.56. The number of rotatable bonds is 5. The fraction of sp³-hybridized carbons (Fsp3) is 0.250. The molecule has 2 aromatic rings. The third kappa shape index (κ3) is 3.72. The van der Waals surface area contributed by atoms with Gasteiger partial charge in [0.1, 0.15) is 11.5 Å². The molecule has 21 heavy (non-hydrogen) atoms. The van der Waals surface area contributed by atoms with Crippen molar-refractivity contribution in [3.63, 3.8) is 0 Å². The summed E-state index contributed by atoms with van der Waals surface area (Å²) in [6.45, 7) is 3.61. The second-order valence-electron chi connectivity index (χ2n) is 4.86. The molecule has 0 saturated carbocycles. The number of para-hydroxylation sites is 1. The summed E-state index contributed by atoms with van der Waals surface area (Å²) in [5.74, 6) is 0.250. The van der Waals surface area contributed by atoms with Gasteiger partial charge in [-0.2, -0.15) is 0 Å². The van der Waals surface area contributed by atoms with E-state index in [1.54, 1.807) is 19.1 Å². The van der Waals surface area contributed by atoms with Crippen molar-refractivity contribution in [3.8, 4) is 0 Å². The Balaban J connectivity index is 2.04. The van der Waals surface area contributed by atoms with E-state index in [0.717, 1.165) is 17.1 Å². The number of aromatic carboxylic acids is 1. The second kappa shape index (κ2) is 6.26. The largest absolute Gasteiger partial charge is 0.478 e. The predicted octanol–water partition coefficient (Wildman–Crippen LogP) is 3.17. The van der Waals surface area contributed by atoms with Crippen LogP contribution in [0.25, 0.3) is 0 Å². The molecule has 0 saturated heterocycles. The molecule has 0 aliphatic heterocycles. The highest BCUT2D eigenvalue weighted by Gasteiger charge is 2.14. The molecule has 1 aromatic carbocycles. The lowest BCUT2D eigenvalue weighted by Crippen LogP contribution is -2.16. The summed E-state index contributed by atoms with van der Waals surface area (Å²) >= 11 is 0. The molecule has 5 heteroatoms. The van der Waals surface area contributed by atoms with Gasteiger partial charge in [-0.1, -0.05) is 12.1 Å². The van der Waals surface area contributed by atoms with E-state index in [1.807, 2.05) is 19.1 Å². The highest BCUT2D eigenvalue weighted by Crippen LogP contribution is 2.21. The summed E-state index contributed by atoms with van der Waals surface area (Å²) in [4.78, 5) is 23.1. The standard InChI is InChI=1S/C16H17NO4/c1-10-4-3-5-13(16(19)20)15(10)17-14(18)9-8-12-7-6-11(2)21-12/h3-7H,8-9H2,1-2H3,(H,17,18)(H,19,20). The summed E-state index contributed by atoms with van der Waals surface area (Å²) in [5.41, 5.74) is 1.17. The van der Waals surface area contributed by atoms with Crippen molar-refractivity contribution in [2.24, 2.45) is 0 Å². The summed E-state index contributed by atoms with van der Waals surface area (Å²) in [7, 11) is 0. The van der Waals surface area contributed by atoms with E-state index >= 15 is 0 Å². The lowest BCUT2D eigenvalue weighted by atomic mass is 10.1. The van der Waals surface area contributed by atoms with Gasteiger partial charge in [-0.3, -0.25) is 4.79 Å². The molecule has 110 valence electrons. The maximum absolute atomic E-state index is 12.0. The number of hydrogen-bond donors (Lipinski definition) is 2. The van der Waals surface area contributed by atoms with Crippen molar-refractivity contribution in [2.45, 2.75) is 26.7 Å². The van der Waals surface area contributed by atoms with Gasteiger partial charge in [0, 0.05) is 12.8 Å². The minimum atomic E-state index is -1.06. The molecule has 0 bridgehead atoms. The second-order valence-corrected chi connectivity index (χ2v) is 4.86. The van der Waals surface area contributed by atoms with Gasteiger partial charge >= 0.3 is 5.97 Å². The van der Waals surface area contributed by atoms with E-state index in [9.17, 15) is 9.59 Å². The molecular formula is C16H17NO4. The third-order valence-corrected chi connectivity index (χ3v) is 3.16. The maximum Gasteiger partial charge on any atom is 0.337 e. The molecule has 0 fully saturated rings. The van der Waals surface area contributed by atoms with Crippen LogP contribution < -0.4 is 5.32 Å². The van der Waals surface area contributed by atoms with Gasteiger partial charge in [0.15, 0.2) is 0 Å². The van der Waals surface area contributed by atoms with Crippen molar-refractivity contribution in [1.82, 2.24) is 0 Å². The first-order chi connectivity index (χ1) is 9.97. The molecule has 0 aliphatic rings. The average Bonchev–Trinajstić information content (AvgIpc) is 2.84. The number of nitrogens with one attached hydrogen (secondary N) is 1. The molecule has 1 aromatic heterocycles. The molecule has 0 unspecified atom stereocenters. The van der Waals surface area contributed by atoms with Crippen LogP contribution in [0.15, 0.2) is 34.7 Å². The van der Waals surface area contributed by atoms with Crippen LogP contribution in [-0.4, -0.2) is 17.0 Å². The van der Waals surface area contributed by atoms with Crippen LogP contribution in [0.2, 0.25) is 0 Å². The van der Waals surface area contributed by atoms with Gasteiger partial charge < -0.3 is 14.8 Å². The van der Waals surface area contributed by atoms with E-state index in [4.69, 9.17) is 9.52 Å². The maximum atomic E-state index is 12.0. The molecule has 2 N–H and O–H groups in total. The first-order valence-corrected chi connectivity index (χ1v) is 6.65. The zero-order chi connectivity index (χ0) is 15.4. The molecule has 0 atom stereocenters. The Morgan fingerprint density at radius 2 is 1.95 bits per heavy atom. The normalized spacial score (nSPS) is 10.4. The number of carbonyl (C=O) groups is 2. The number of amides is 1. The van der Waals surface area contributed by atoms with E-state index in [1.165, 1.54) is 6.07 Å². The molecule has 2 rings (SSSR count). The zero-order valence-electron chi connectivity index (χ0n) is 12.0. The van der Waals surface area contributed by atoms with Crippen molar-refractivity contribution >= 4 is 17.6 Å². The molecule has 5 nitrogen and oxygen atoms in total. The Bertz CT molecular complexity index is 673. The number of carbonyl (C=O) groups excluding carboxylic acids is 1. The van der Waals surface area contributed by atoms with Gasteiger partial charge in [-0.25, -0.2) is 4.79 Å². The van der Waals surface area contributed by atoms with Crippen LogP contribution >= 0.6 is 0 Å². The van der Waals surface area contributed by atoms with Gasteiger partial charge in [0.25, 0.3) is 0 Å². The van der Waals surface area contributed by atoms with Gasteiger partial charge in [-0.15, -0.1) is 0 Å². The van der Waals surface area contributed by atoms with Crippen molar-refractivity contribution in [1.29, 1.82) is 0 Å². The Kier molecular flexibility index (Phi) is 4.42. The van der Waals surface area contributed by atoms with Crippen LogP contribution in [0, 0.1) is 13.8 Å². The Labute approximate surface area is 122 Å². The molecule has 0 spiro atoms. The summed E-state index contributed by atoms with van der Waals surface area (Å²) < 4.78 is 5.40. The van der Waals surface area contributed by atoms with E-state index in [0.29, 0.717) is 12.1 Å². The van der Waals surface area contributed by atoms with Gasteiger partial charge in [-0.05, 0) is 37.6 Å². The minimum Gasteiger partial charge on any atom is -0.478 e. The fourth-order valence-electron chi connectivity index (χ4n) is 2.07. The summed E-state index contributed by atoms with van der Waals surface area (Å²) in [6.07, 6.45) is 0.717. The lowest BCUT2D eigenvalue weighted by molar-refractivity contribution is -0.116. The minimum absolute atomic E-state index is 0.0946. The van der Waals surface area contributed by atoms with E-state index in [2.05, 4.69) is 5.32 Å². The SMILES string of the molecule is Cc1ccc(CCC(=O)Nc2c(C)cccc2C(=O)O)o1. The average molecular weight is 287 g/mol. The molecule has 0 aliphatic carbocycles. The van der Waals surface area contributed by atoms with Crippen molar-refractivity contribution in [2.75, 3.05) is 5.32 Å². The van der Waals surface area contributed by atoms with Gasteiger partial charge in [0.05, 0.1) is 11.3 Å². The number of furan rings is 1.